The topological polar surface area (TPSA) is 137 Å². The molecule has 2 bridgehead atoms. The van der Waals surface area contributed by atoms with E-state index in [9.17, 15) is 9.90 Å². The van der Waals surface area contributed by atoms with Gasteiger partial charge in [0.1, 0.15) is 6.04 Å². The second-order valence-corrected chi connectivity index (χ2v) is 19.6. The van der Waals surface area contributed by atoms with Crippen molar-refractivity contribution >= 4 is 11.9 Å². The van der Waals surface area contributed by atoms with Crippen LogP contribution in [0.4, 0.5) is 5.95 Å². The Kier molecular flexibility index (Phi) is 8.80. The molecule has 0 radical (unpaired) electrons. The molecule has 4 N–H and O–H groups in total. The molecule has 6 rings (SSSR count). The van der Waals surface area contributed by atoms with Gasteiger partial charge in [0.15, 0.2) is 0 Å². The molecule has 10 nitrogen and oxygen atoms in total. The summed E-state index contributed by atoms with van der Waals surface area (Å²) in [6, 6.07) is -0.176. The zero-order valence-electron chi connectivity index (χ0n) is 32.5. The summed E-state index contributed by atoms with van der Waals surface area (Å²) < 4.78 is 13.9. The van der Waals surface area contributed by atoms with Gasteiger partial charge in [-0.2, -0.15) is 4.80 Å². The molecular weight excluding hydrogens is 616 g/mol. The zero-order chi connectivity index (χ0) is 36.2. The Morgan fingerprint density at radius 3 is 2.39 bits per heavy atom. The third kappa shape index (κ3) is 5.02. The number of likely N-dealkylation sites (N-methyl/N-ethyl adjacent to an activating group) is 1. The lowest BCUT2D eigenvalue weighted by Gasteiger charge is -2.71. The highest BCUT2D eigenvalue weighted by atomic mass is 16.5. The van der Waals surface area contributed by atoms with Gasteiger partial charge in [-0.1, -0.05) is 86.0 Å². The van der Waals surface area contributed by atoms with Crippen molar-refractivity contribution in [3.63, 3.8) is 0 Å². The Balaban J connectivity index is 1.44. The first kappa shape index (κ1) is 36.7. The number of aromatic nitrogens is 4. The zero-order valence-corrected chi connectivity index (χ0v) is 32.5. The van der Waals surface area contributed by atoms with Gasteiger partial charge in [-0.05, 0) is 103 Å². The Hall–Kier alpha value is -2.04. The van der Waals surface area contributed by atoms with Crippen LogP contribution in [0, 0.1) is 62.1 Å². The standard InChI is InChI=1S/C39H66N6O4/c1-23(2)24(3)34(7)17-18-36(9)25-13-14-28-35(8)20-48-22-39(28,26(25)15-16-37(36,10)29(34)31(46)47)19-27(45-43-32(40)42-44-45)30(35)49-21-38(11,41-12)33(4,5)6/h15,23-25,27-30,41H,13-14,16-22H2,1-12H3,(H2,40,43)(H,46,47)/t24-,25+,27-,28+,29-,30+,34-,35-,36-,37+,38-,39+/m1/s1. The average molecular weight is 683 g/mol. The molecule has 3 saturated carbocycles. The Labute approximate surface area is 295 Å². The first-order valence-electron chi connectivity index (χ1n) is 19.0. The second-order valence-electron chi connectivity index (χ2n) is 19.6. The third-order valence-electron chi connectivity index (χ3n) is 16.6. The van der Waals surface area contributed by atoms with E-state index in [0.717, 1.165) is 38.5 Å². The number of nitrogens with two attached hydrogens (primary N) is 1. The van der Waals surface area contributed by atoms with E-state index in [1.54, 1.807) is 4.80 Å². The van der Waals surface area contributed by atoms with Crippen LogP contribution in [-0.2, 0) is 14.3 Å². The monoisotopic (exact) mass is 683 g/mol. The van der Waals surface area contributed by atoms with Crippen LogP contribution in [0.15, 0.2) is 11.6 Å². The fourth-order valence-corrected chi connectivity index (χ4v) is 12.4. The van der Waals surface area contributed by atoms with Gasteiger partial charge in [-0.3, -0.25) is 4.79 Å². The molecule has 12 atom stereocenters. The number of aliphatic carboxylic acids is 1. The molecule has 1 aromatic rings. The highest BCUT2D eigenvalue weighted by molar-refractivity contribution is 5.73. The van der Waals surface area contributed by atoms with Crippen LogP contribution >= 0.6 is 0 Å². The SMILES string of the molecule is CN[C@](C)(CO[C@H]1[C@H](n2nnc(N)n2)C[C@@]23COC[C@]1(C)[C@@H]2CC[C@H]1C3=CC[C@@]2(C)[C@H](C(=O)O)[C@@](C)([C@H](C)C(C)C)CC[C@]12C)C(C)(C)C. The van der Waals surface area contributed by atoms with Crippen molar-refractivity contribution in [1.29, 1.82) is 0 Å². The van der Waals surface area contributed by atoms with Crippen molar-refractivity contribution in [3.8, 4) is 0 Å². The summed E-state index contributed by atoms with van der Waals surface area (Å²) in [4.78, 5) is 15.2. The molecule has 49 heavy (non-hydrogen) atoms. The number of carboxylic acids is 1. The summed E-state index contributed by atoms with van der Waals surface area (Å²) in [6.07, 6.45) is 7.92. The number of hydrogen-bond donors (Lipinski definition) is 3. The molecular formula is C39H66N6O4. The number of tetrazole rings is 1. The summed E-state index contributed by atoms with van der Waals surface area (Å²) in [5.74, 6) is 0.494. The molecule has 1 aliphatic heterocycles. The summed E-state index contributed by atoms with van der Waals surface area (Å²) in [5.41, 5.74) is 5.98. The minimum atomic E-state index is -0.628. The smallest absolute Gasteiger partial charge is 0.307 e. The summed E-state index contributed by atoms with van der Waals surface area (Å²) >= 11 is 0. The van der Waals surface area contributed by atoms with Crippen molar-refractivity contribution in [2.24, 2.45) is 62.1 Å². The maximum Gasteiger partial charge on any atom is 0.307 e. The average Bonchev–Trinajstić information content (AvgIpc) is 3.45. The minimum absolute atomic E-state index is 0.0422. The first-order valence-corrected chi connectivity index (χ1v) is 19.0. The summed E-state index contributed by atoms with van der Waals surface area (Å²) in [7, 11) is 2.01. The Morgan fingerprint density at radius 2 is 1.82 bits per heavy atom. The minimum Gasteiger partial charge on any atom is -0.481 e. The number of carbonyl (C=O) groups is 1. The van der Waals surface area contributed by atoms with E-state index in [-0.39, 0.29) is 62.0 Å². The van der Waals surface area contributed by atoms with Gasteiger partial charge in [0.25, 0.3) is 5.95 Å². The number of nitrogens with zero attached hydrogens (tertiary/aromatic N) is 4. The predicted molar refractivity (Wildman–Crippen MR) is 191 cm³/mol. The largest absolute Gasteiger partial charge is 0.481 e. The number of anilines is 1. The highest BCUT2D eigenvalue weighted by Crippen LogP contribution is 2.75. The molecule has 4 fully saturated rings. The van der Waals surface area contributed by atoms with Crippen LogP contribution in [0.1, 0.15) is 121 Å². The van der Waals surface area contributed by atoms with E-state index in [1.807, 2.05) is 7.05 Å². The third-order valence-corrected chi connectivity index (χ3v) is 16.6. The molecule has 5 aliphatic rings. The molecule has 0 spiro atoms. The van der Waals surface area contributed by atoms with Crippen LogP contribution in [0.2, 0.25) is 0 Å². The quantitative estimate of drug-likeness (QED) is 0.253. The van der Waals surface area contributed by atoms with Crippen molar-refractivity contribution in [1.82, 2.24) is 25.5 Å². The molecule has 4 aliphatic carbocycles. The molecule has 0 aromatic carbocycles. The highest BCUT2D eigenvalue weighted by Gasteiger charge is 2.72. The van der Waals surface area contributed by atoms with E-state index in [2.05, 4.69) is 103 Å². The molecule has 2 heterocycles. The van der Waals surface area contributed by atoms with Gasteiger partial charge in [-0.15, -0.1) is 5.10 Å². The van der Waals surface area contributed by atoms with Gasteiger partial charge >= 0.3 is 5.97 Å². The second kappa shape index (κ2) is 11.7. The van der Waals surface area contributed by atoms with Crippen LogP contribution < -0.4 is 11.1 Å². The maximum absolute atomic E-state index is 13.5. The molecule has 10 heteroatoms. The fraction of sp³-hybridized carbons (Fsp3) is 0.897. The fourth-order valence-electron chi connectivity index (χ4n) is 12.4. The van der Waals surface area contributed by atoms with Gasteiger partial charge < -0.3 is 25.6 Å². The molecule has 0 unspecified atom stereocenters. The molecule has 1 saturated heterocycles. The van der Waals surface area contributed by atoms with Crippen LogP contribution in [0.5, 0.6) is 0 Å². The number of nitrogens with one attached hydrogen (secondary N) is 1. The molecule has 1 aromatic heterocycles. The number of nitrogen functional groups attached to an aromatic ring is 1. The van der Waals surface area contributed by atoms with Crippen molar-refractivity contribution < 1.29 is 19.4 Å². The van der Waals surface area contributed by atoms with Crippen molar-refractivity contribution in [2.45, 2.75) is 132 Å². The van der Waals surface area contributed by atoms with E-state index >= 15 is 0 Å². The Morgan fingerprint density at radius 1 is 1.12 bits per heavy atom. The number of allylic oxidation sites excluding steroid dienone is 1. The van der Waals surface area contributed by atoms with E-state index in [4.69, 9.17) is 15.2 Å². The molecule has 0 amide bonds. The van der Waals surface area contributed by atoms with Crippen molar-refractivity contribution in [3.05, 3.63) is 11.6 Å². The van der Waals surface area contributed by atoms with Gasteiger partial charge in [0.2, 0.25) is 0 Å². The number of carboxylic acid groups (broad SMARTS) is 1. The number of hydrogen-bond acceptors (Lipinski definition) is 8. The number of fused-ring (bicyclic) bond motifs is 3. The number of ether oxygens (including phenoxy) is 2. The maximum atomic E-state index is 13.5. The van der Waals surface area contributed by atoms with Crippen LogP contribution in [0.3, 0.4) is 0 Å². The van der Waals surface area contributed by atoms with Crippen molar-refractivity contribution in [2.75, 3.05) is 32.6 Å². The van der Waals surface area contributed by atoms with Gasteiger partial charge in [0, 0.05) is 16.4 Å². The number of rotatable bonds is 8. The van der Waals surface area contributed by atoms with E-state index in [0.29, 0.717) is 37.6 Å². The van der Waals surface area contributed by atoms with E-state index < -0.39 is 11.9 Å². The van der Waals surface area contributed by atoms with E-state index in [1.165, 1.54) is 5.57 Å². The lowest BCUT2D eigenvalue weighted by molar-refractivity contribution is -0.255. The Bertz CT molecular complexity index is 1470. The van der Waals surface area contributed by atoms with Crippen LogP contribution in [-0.4, -0.2) is 69.8 Å². The summed E-state index contributed by atoms with van der Waals surface area (Å²) in [5, 5.41) is 27.8. The first-order chi connectivity index (χ1) is 22.6. The lowest BCUT2D eigenvalue weighted by Crippen LogP contribution is -2.69. The normalized spacial score (nSPS) is 43.9. The lowest BCUT2D eigenvalue weighted by atomic mass is 9.34. The molecule has 276 valence electrons. The van der Waals surface area contributed by atoms with Gasteiger partial charge in [-0.25, -0.2) is 0 Å². The predicted octanol–water partition coefficient (Wildman–Crippen LogP) is 6.79. The summed E-state index contributed by atoms with van der Waals surface area (Å²) in [6.45, 7) is 27.0. The van der Waals surface area contributed by atoms with Gasteiger partial charge in [0.05, 0.1) is 31.8 Å². The van der Waals surface area contributed by atoms with Crippen LogP contribution in [0.25, 0.3) is 0 Å².